The van der Waals surface area contributed by atoms with Crippen LogP contribution in [0.15, 0.2) is 29.2 Å². The number of nitrogens with zero attached hydrogens (tertiary/aromatic N) is 1. The van der Waals surface area contributed by atoms with Crippen LogP contribution in [0.4, 0.5) is 5.13 Å². The summed E-state index contributed by atoms with van der Waals surface area (Å²) in [5.41, 5.74) is 0.550. The Hall–Kier alpha value is -1.57. The van der Waals surface area contributed by atoms with E-state index in [0.717, 1.165) is 16.2 Å². The lowest BCUT2D eigenvalue weighted by molar-refractivity contribution is -0.113. The SMILES string of the molecule is CCOC(=O)c1sc(NC(=O)CSc2ccc(Cl)cc2)nc1C. The van der Waals surface area contributed by atoms with Crippen LogP contribution < -0.4 is 5.32 Å². The molecule has 122 valence electrons. The first-order valence-electron chi connectivity index (χ1n) is 6.82. The highest BCUT2D eigenvalue weighted by Gasteiger charge is 2.17. The van der Waals surface area contributed by atoms with Crippen LogP contribution in [0, 0.1) is 6.92 Å². The van der Waals surface area contributed by atoms with Crippen molar-refractivity contribution in [3.05, 3.63) is 39.9 Å². The number of halogens is 1. The van der Waals surface area contributed by atoms with Crippen molar-refractivity contribution in [3.63, 3.8) is 0 Å². The number of amides is 1. The van der Waals surface area contributed by atoms with Gasteiger partial charge in [0.05, 0.1) is 18.1 Å². The van der Waals surface area contributed by atoms with Gasteiger partial charge in [-0.1, -0.05) is 22.9 Å². The molecule has 1 amide bonds. The van der Waals surface area contributed by atoms with Crippen molar-refractivity contribution in [1.29, 1.82) is 0 Å². The van der Waals surface area contributed by atoms with Crippen molar-refractivity contribution < 1.29 is 14.3 Å². The zero-order valence-corrected chi connectivity index (χ0v) is 15.0. The second kappa shape index (κ2) is 8.33. The number of rotatable bonds is 6. The number of esters is 1. The summed E-state index contributed by atoms with van der Waals surface area (Å²) in [5.74, 6) is -0.359. The zero-order chi connectivity index (χ0) is 16.8. The van der Waals surface area contributed by atoms with Crippen LogP contribution in [-0.4, -0.2) is 29.2 Å². The van der Waals surface area contributed by atoms with Gasteiger partial charge in [0.25, 0.3) is 0 Å². The fraction of sp³-hybridized carbons (Fsp3) is 0.267. The first-order valence-corrected chi connectivity index (χ1v) is 9.00. The summed E-state index contributed by atoms with van der Waals surface area (Å²) in [6, 6.07) is 7.26. The Morgan fingerprint density at radius 2 is 2.04 bits per heavy atom. The topological polar surface area (TPSA) is 68.3 Å². The molecule has 0 spiro atoms. The minimum atomic E-state index is -0.418. The van der Waals surface area contributed by atoms with E-state index in [9.17, 15) is 9.59 Å². The maximum absolute atomic E-state index is 12.0. The van der Waals surface area contributed by atoms with Crippen molar-refractivity contribution in [1.82, 2.24) is 4.98 Å². The Bertz CT molecular complexity index is 701. The van der Waals surface area contributed by atoms with Crippen LogP contribution in [0.5, 0.6) is 0 Å². The number of ether oxygens (including phenoxy) is 1. The van der Waals surface area contributed by atoms with Crippen molar-refractivity contribution in [2.24, 2.45) is 0 Å². The van der Waals surface area contributed by atoms with E-state index in [4.69, 9.17) is 16.3 Å². The Labute approximate surface area is 147 Å². The zero-order valence-electron chi connectivity index (χ0n) is 12.6. The summed E-state index contributed by atoms with van der Waals surface area (Å²) in [6.45, 7) is 3.75. The lowest BCUT2D eigenvalue weighted by Gasteiger charge is -2.02. The summed E-state index contributed by atoms with van der Waals surface area (Å²) in [5, 5.41) is 3.75. The molecular formula is C15H15ClN2O3S2. The van der Waals surface area contributed by atoms with E-state index >= 15 is 0 Å². The molecule has 0 aliphatic heterocycles. The van der Waals surface area contributed by atoms with E-state index in [1.807, 2.05) is 12.1 Å². The summed E-state index contributed by atoms with van der Waals surface area (Å²) in [4.78, 5) is 29.2. The average Bonchev–Trinajstić information content (AvgIpc) is 2.87. The van der Waals surface area contributed by atoms with Crippen LogP contribution >= 0.6 is 34.7 Å². The van der Waals surface area contributed by atoms with Crippen LogP contribution in [0.25, 0.3) is 0 Å². The predicted octanol–water partition coefficient (Wildman–Crippen LogP) is 4.01. The molecule has 0 aliphatic carbocycles. The third-order valence-electron chi connectivity index (χ3n) is 2.69. The summed E-state index contributed by atoms with van der Waals surface area (Å²) in [6.07, 6.45) is 0. The molecule has 1 aromatic heterocycles. The fourth-order valence-corrected chi connectivity index (χ4v) is 3.37. The minimum Gasteiger partial charge on any atom is -0.462 e. The van der Waals surface area contributed by atoms with Gasteiger partial charge in [-0.25, -0.2) is 9.78 Å². The van der Waals surface area contributed by atoms with Gasteiger partial charge in [-0.15, -0.1) is 11.8 Å². The highest BCUT2D eigenvalue weighted by atomic mass is 35.5. The molecule has 0 bridgehead atoms. The van der Waals surface area contributed by atoms with Crippen molar-refractivity contribution >= 4 is 51.7 Å². The van der Waals surface area contributed by atoms with Crippen LogP contribution in [0.2, 0.25) is 5.02 Å². The number of thiazole rings is 1. The van der Waals surface area contributed by atoms with Gasteiger partial charge < -0.3 is 10.1 Å². The van der Waals surface area contributed by atoms with E-state index in [1.54, 1.807) is 26.0 Å². The van der Waals surface area contributed by atoms with Gasteiger partial charge in [-0.3, -0.25) is 4.79 Å². The molecule has 2 aromatic rings. The van der Waals surface area contributed by atoms with Gasteiger partial charge in [0.1, 0.15) is 4.88 Å². The first kappa shape index (κ1) is 17.8. The fourth-order valence-electron chi connectivity index (χ4n) is 1.67. The standard InChI is InChI=1S/C15H15ClN2O3S2/c1-3-21-14(20)13-9(2)17-15(23-13)18-12(19)8-22-11-6-4-10(16)5-7-11/h4-7H,3,8H2,1-2H3,(H,17,18,19). The largest absolute Gasteiger partial charge is 0.462 e. The van der Waals surface area contributed by atoms with Gasteiger partial charge >= 0.3 is 5.97 Å². The summed E-state index contributed by atoms with van der Waals surface area (Å²) >= 11 is 8.33. The summed E-state index contributed by atoms with van der Waals surface area (Å²) < 4.78 is 4.95. The van der Waals surface area contributed by atoms with Gasteiger partial charge in [0.2, 0.25) is 5.91 Å². The number of hydrogen-bond donors (Lipinski definition) is 1. The lowest BCUT2D eigenvalue weighted by Crippen LogP contribution is -2.13. The third-order valence-corrected chi connectivity index (χ3v) is 5.00. The number of anilines is 1. The molecule has 0 radical (unpaired) electrons. The highest BCUT2D eigenvalue weighted by molar-refractivity contribution is 8.00. The molecule has 5 nitrogen and oxygen atoms in total. The molecular weight excluding hydrogens is 356 g/mol. The third kappa shape index (κ3) is 5.23. The van der Waals surface area contributed by atoms with E-state index < -0.39 is 5.97 Å². The monoisotopic (exact) mass is 370 g/mol. The molecule has 23 heavy (non-hydrogen) atoms. The highest BCUT2D eigenvalue weighted by Crippen LogP contribution is 2.24. The Balaban J connectivity index is 1.91. The summed E-state index contributed by atoms with van der Waals surface area (Å²) in [7, 11) is 0. The molecule has 0 saturated heterocycles. The van der Waals surface area contributed by atoms with Gasteiger partial charge in [0.15, 0.2) is 5.13 Å². The Morgan fingerprint density at radius 3 is 2.70 bits per heavy atom. The number of thioether (sulfide) groups is 1. The second-order valence-electron chi connectivity index (χ2n) is 4.44. The Morgan fingerprint density at radius 1 is 1.35 bits per heavy atom. The number of benzene rings is 1. The molecule has 0 saturated carbocycles. The Kier molecular flexibility index (Phi) is 6.44. The maximum atomic E-state index is 12.0. The number of carbonyl (C=O) groups excluding carboxylic acids is 2. The predicted molar refractivity (Wildman–Crippen MR) is 93.6 cm³/mol. The van der Waals surface area contributed by atoms with Crippen molar-refractivity contribution in [3.8, 4) is 0 Å². The molecule has 0 fully saturated rings. The smallest absolute Gasteiger partial charge is 0.350 e. The van der Waals surface area contributed by atoms with Crippen LogP contribution in [0.1, 0.15) is 22.3 Å². The van der Waals surface area contributed by atoms with E-state index in [2.05, 4.69) is 10.3 Å². The first-order chi connectivity index (χ1) is 11.0. The van der Waals surface area contributed by atoms with Crippen LogP contribution in [0.3, 0.4) is 0 Å². The van der Waals surface area contributed by atoms with Gasteiger partial charge in [-0.05, 0) is 38.1 Å². The van der Waals surface area contributed by atoms with Gasteiger partial charge in [-0.2, -0.15) is 0 Å². The number of carbonyl (C=O) groups is 2. The van der Waals surface area contributed by atoms with E-state index in [-0.39, 0.29) is 11.7 Å². The molecule has 8 heteroatoms. The van der Waals surface area contributed by atoms with E-state index in [0.29, 0.717) is 27.3 Å². The quantitative estimate of drug-likeness (QED) is 0.614. The number of nitrogens with one attached hydrogen (secondary N) is 1. The number of aryl methyl sites for hydroxylation is 1. The average molecular weight is 371 g/mol. The van der Waals surface area contributed by atoms with Gasteiger partial charge in [0, 0.05) is 9.92 Å². The lowest BCUT2D eigenvalue weighted by atomic mass is 10.4. The maximum Gasteiger partial charge on any atom is 0.350 e. The van der Waals surface area contributed by atoms with Crippen molar-refractivity contribution in [2.45, 2.75) is 18.7 Å². The number of hydrogen-bond acceptors (Lipinski definition) is 6. The molecule has 0 unspecified atom stereocenters. The molecule has 1 N–H and O–H groups in total. The number of aromatic nitrogens is 1. The normalized spacial score (nSPS) is 10.4. The van der Waals surface area contributed by atoms with E-state index in [1.165, 1.54) is 11.8 Å². The molecule has 0 aliphatic rings. The van der Waals surface area contributed by atoms with Crippen LogP contribution in [-0.2, 0) is 9.53 Å². The molecule has 2 rings (SSSR count). The minimum absolute atomic E-state index is 0.186. The molecule has 0 atom stereocenters. The van der Waals surface area contributed by atoms with Crippen molar-refractivity contribution in [2.75, 3.05) is 17.7 Å². The molecule has 1 aromatic carbocycles. The molecule has 1 heterocycles. The second-order valence-corrected chi connectivity index (χ2v) is 6.93.